The third-order valence-electron chi connectivity index (χ3n) is 4.35. The standard InChI is InChI=1S/C21H19N3O2S/c1-26-18-12-10-17(11-13-18)23-14-22-21-24(15-23)20(25)19(27-21)9-5-8-16-6-3-2-4-7-16/h2-13H,14-15H2,1H3. The number of hydrogen-bond donors (Lipinski definition) is 0. The minimum Gasteiger partial charge on any atom is -0.497 e. The monoisotopic (exact) mass is 377 g/mol. The van der Waals surface area contributed by atoms with E-state index in [9.17, 15) is 4.79 Å². The molecule has 5 nitrogen and oxygen atoms in total. The molecular weight excluding hydrogens is 358 g/mol. The molecule has 0 bridgehead atoms. The van der Waals surface area contributed by atoms with Gasteiger partial charge in [0.2, 0.25) is 0 Å². The highest BCUT2D eigenvalue weighted by molar-refractivity contribution is 7.07. The van der Waals surface area contributed by atoms with Crippen LogP contribution in [0.15, 0.2) is 70.5 Å². The molecule has 0 unspecified atom stereocenters. The molecule has 0 fully saturated rings. The number of anilines is 1. The van der Waals surface area contributed by atoms with Crippen LogP contribution in [0.2, 0.25) is 0 Å². The van der Waals surface area contributed by atoms with E-state index in [0.29, 0.717) is 17.9 Å². The van der Waals surface area contributed by atoms with E-state index >= 15 is 0 Å². The third-order valence-corrected chi connectivity index (χ3v) is 5.41. The Hall–Kier alpha value is -3.12. The Balaban J connectivity index is 1.59. The highest BCUT2D eigenvalue weighted by Crippen LogP contribution is 2.20. The fourth-order valence-electron chi connectivity index (χ4n) is 2.89. The summed E-state index contributed by atoms with van der Waals surface area (Å²) in [5.41, 5.74) is 2.11. The third kappa shape index (κ3) is 3.71. The second kappa shape index (κ2) is 7.63. The number of methoxy groups -OCH3 is 1. The number of hydrogen-bond acceptors (Lipinski definition) is 5. The molecule has 0 amide bonds. The Bertz CT molecular complexity index is 1130. The number of thiazole rings is 1. The predicted octanol–water partition coefficient (Wildman–Crippen LogP) is 2.47. The van der Waals surface area contributed by atoms with Crippen molar-refractivity contribution in [2.24, 2.45) is 4.99 Å². The largest absolute Gasteiger partial charge is 0.497 e. The van der Waals surface area contributed by atoms with Gasteiger partial charge < -0.3 is 9.64 Å². The number of rotatable bonds is 4. The van der Waals surface area contributed by atoms with E-state index in [2.05, 4.69) is 9.89 Å². The van der Waals surface area contributed by atoms with Crippen molar-refractivity contribution >= 4 is 29.2 Å². The van der Waals surface area contributed by atoms with Crippen LogP contribution in [-0.4, -0.2) is 18.3 Å². The lowest BCUT2D eigenvalue weighted by molar-refractivity contribution is 0.414. The molecule has 136 valence electrons. The van der Waals surface area contributed by atoms with E-state index in [-0.39, 0.29) is 5.56 Å². The van der Waals surface area contributed by atoms with Gasteiger partial charge in [0.15, 0.2) is 4.80 Å². The maximum Gasteiger partial charge on any atom is 0.271 e. The van der Waals surface area contributed by atoms with Crippen molar-refractivity contribution in [1.29, 1.82) is 0 Å². The lowest BCUT2D eigenvalue weighted by atomic mass is 10.2. The Kier molecular flexibility index (Phi) is 4.89. The molecule has 1 aliphatic rings. The van der Waals surface area contributed by atoms with Gasteiger partial charge in [0.25, 0.3) is 5.56 Å². The highest BCUT2D eigenvalue weighted by Gasteiger charge is 2.15. The zero-order valence-electron chi connectivity index (χ0n) is 14.9. The fourth-order valence-corrected chi connectivity index (χ4v) is 3.81. The molecule has 2 heterocycles. The molecule has 2 aromatic carbocycles. The highest BCUT2D eigenvalue weighted by atomic mass is 32.1. The van der Waals surface area contributed by atoms with Crippen LogP contribution in [-0.2, 0) is 6.67 Å². The molecule has 6 heteroatoms. The SMILES string of the molecule is COc1ccc(N2CN=c3sc(=CC=Cc4ccccc4)c(=O)n3C2)cc1. The molecule has 0 saturated heterocycles. The molecule has 0 atom stereocenters. The Morgan fingerprint density at radius 2 is 1.89 bits per heavy atom. The average molecular weight is 377 g/mol. The Labute approximate surface area is 160 Å². The zero-order valence-corrected chi connectivity index (χ0v) is 15.7. The van der Waals surface area contributed by atoms with Crippen molar-refractivity contribution in [3.8, 4) is 5.75 Å². The second-order valence-corrected chi connectivity index (χ2v) is 7.11. The summed E-state index contributed by atoms with van der Waals surface area (Å²) >= 11 is 1.43. The number of ether oxygens (including phenoxy) is 1. The van der Waals surface area contributed by atoms with Gasteiger partial charge in [0.1, 0.15) is 19.1 Å². The van der Waals surface area contributed by atoms with Crippen LogP contribution >= 0.6 is 11.3 Å². The predicted molar refractivity (Wildman–Crippen MR) is 110 cm³/mol. The van der Waals surface area contributed by atoms with Crippen LogP contribution in [0.4, 0.5) is 5.69 Å². The van der Waals surface area contributed by atoms with E-state index in [1.54, 1.807) is 11.7 Å². The van der Waals surface area contributed by atoms with Gasteiger partial charge in [-0.15, -0.1) is 0 Å². The Morgan fingerprint density at radius 1 is 1.11 bits per heavy atom. The summed E-state index contributed by atoms with van der Waals surface area (Å²) in [4.78, 5) is 20.1. The van der Waals surface area contributed by atoms with E-state index in [0.717, 1.165) is 21.8 Å². The summed E-state index contributed by atoms with van der Waals surface area (Å²) in [6, 6.07) is 17.8. The lowest BCUT2D eigenvalue weighted by Gasteiger charge is -2.25. The number of allylic oxidation sites excluding steroid dienone is 1. The molecule has 4 rings (SSSR count). The first-order valence-corrected chi connectivity index (χ1v) is 9.43. The summed E-state index contributed by atoms with van der Waals surface area (Å²) in [7, 11) is 1.65. The van der Waals surface area contributed by atoms with Crippen LogP contribution < -0.4 is 24.5 Å². The molecule has 0 radical (unpaired) electrons. The van der Waals surface area contributed by atoms with Crippen molar-refractivity contribution in [1.82, 2.24) is 4.57 Å². The van der Waals surface area contributed by atoms with Gasteiger partial charge >= 0.3 is 0 Å². The van der Waals surface area contributed by atoms with E-state index in [1.807, 2.05) is 72.8 Å². The van der Waals surface area contributed by atoms with Gasteiger partial charge in [-0.2, -0.15) is 0 Å². The summed E-state index contributed by atoms with van der Waals surface area (Å²) in [5, 5.41) is 0. The van der Waals surface area contributed by atoms with Crippen LogP contribution in [0.3, 0.4) is 0 Å². The van der Waals surface area contributed by atoms with Crippen LogP contribution in [0, 0.1) is 0 Å². The Morgan fingerprint density at radius 3 is 2.63 bits per heavy atom. The van der Waals surface area contributed by atoms with E-state index < -0.39 is 0 Å². The maximum atomic E-state index is 12.7. The van der Waals surface area contributed by atoms with Gasteiger partial charge in [-0.05, 0) is 35.9 Å². The van der Waals surface area contributed by atoms with Crippen molar-refractivity contribution in [3.63, 3.8) is 0 Å². The normalized spacial score (nSPS) is 14.3. The number of aromatic nitrogens is 1. The maximum absolute atomic E-state index is 12.7. The smallest absolute Gasteiger partial charge is 0.271 e. The number of fused-ring (bicyclic) bond motifs is 1. The van der Waals surface area contributed by atoms with Crippen molar-refractivity contribution in [2.45, 2.75) is 6.67 Å². The summed E-state index contributed by atoms with van der Waals surface area (Å²) in [6.45, 7) is 1.03. The molecule has 1 aromatic heterocycles. The quantitative estimate of drug-likeness (QED) is 0.702. The van der Waals surface area contributed by atoms with Crippen LogP contribution in [0.1, 0.15) is 5.56 Å². The van der Waals surface area contributed by atoms with Crippen molar-refractivity contribution in [2.75, 3.05) is 18.7 Å². The average Bonchev–Trinajstić information content (AvgIpc) is 3.04. The van der Waals surface area contributed by atoms with Gasteiger partial charge in [0, 0.05) is 5.69 Å². The molecule has 27 heavy (non-hydrogen) atoms. The van der Waals surface area contributed by atoms with Crippen LogP contribution in [0.25, 0.3) is 12.2 Å². The van der Waals surface area contributed by atoms with E-state index in [4.69, 9.17) is 4.74 Å². The van der Waals surface area contributed by atoms with Crippen LogP contribution in [0.5, 0.6) is 5.75 Å². The summed E-state index contributed by atoms with van der Waals surface area (Å²) in [6.07, 6.45) is 5.76. The topological polar surface area (TPSA) is 46.8 Å². The zero-order chi connectivity index (χ0) is 18.6. The summed E-state index contributed by atoms with van der Waals surface area (Å²) < 4.78 is 7.61. The summed E-state index contributed by atoms with van der Waals surface area (Å²) in [5.74, 6) is 0.808. The van der Waals surface area contributed by atoms with Crippen molar-refractivity contribution < 1.29 is 4.74 Å². The molecule has 0 N–H and O–H groups in total. The van der Waals surface area contributed by atoms with Gasteiger partial charge in [-0.1, -0.05) is 53.8 Å². The molecule has 3 aromatic rings. The molecular formula is C21H19N3O2S. The number of benzene rings is 2. The van der Waals surface area contributed by atoms with Gasteiger partial charge in [-0.3, -0.25) is 9.36 Å². The molecule has 1 aliphatic heterocycles. The second-order valence-electron chi connectivity index (χ2n) is 6.10. The number of nitrogens with zero attached hydrogens (tertiary/aromatic N) is 3. The fraction of sp³-hybridized carbons (Fsp3) is 0.143. The first-order valence-electron chi connectivity index (χ1n) is 8.61. The first-order chi connectivity index (χ1) is 13.2. The molecule has 0 aliphatic carbocycles. The first kappa shape index (κ1) is 17.3. The minimum atomic E-state index is -0.00493. The lowest BCUT2D eigenvalue weighted by Crippen LogP contribution is -2.42. The van der Waals surface area contributed by atoms with Gasteiger partial charge in [0.05, 0.1) is 11.6 Å². The molecule has 0 spiro atoms. The van der Waals surface area contributed by atoms with Gasteiger partial charge in [-0.25, -0.2) is 4.99 Å². The molecule has 0 saturated carbocycles. The van der Waals surface area contributed by atoms with E-state index in [1.165, 1.54) is 11.3 Å². The minimum absolute atomic E-state index is 0.00493. The van der Waals surface area contributed by atoms with Crippen molar-refractivity contribution in [3.05, 3.63) is 85.9 Å².